The normalized spacial score (nSPS) is 14.2. The number of rotatable bonds is 7. The molecule has 0 heterocycles. The lowest BCUT2D eigenvalue weighted by atomic mass is 10.0. The van der Waals surface area contributed by atoms with Crippen molar-refractivity contribution in [1.82, 2.24) is 10.2 Å². The molecule has 0 aromatic heterocycles. The molecule has 0 aromatic carbocycles. The summed E-state index contributed by atoms with van der Waals surface area (Å²) in [7, 11) is 4.10. The quantitative estimate of drug-likeness (QED) is 0.706. The molecule has 4 nitrogen and oxygen atoms in total. The van der Waals surface area contributed by atoms with Crippen molar-refractivity contribution in [2.24, 2.45) is 11.7 Å². The summed E-state index contributed by atoms with van der Waals surface area (Å²) in [5, 5.41) is 2.97. The Balaban J connectivity index is 4.09. The number of nitrogens with zero attached hydrogens (tertiary/aromatic N) is 1. The van der Waals surface area contributed by atoms with Crippen LogP contribution in [0, 0.1) is 5.92 Å². The second kappa shape index (κ2) is 6.97. The molecule has 17 heavy (non-hydrogen) atoms. The minimum atomic E-state index is -0.435. The number of amides is 1. The molecule has 0 aliphatic heterocycles. The molecule has 102 valence electrons. The maximum Gasteiger partial charge on any atom is 0.221 e. The summed E-state index contributed by atoms with van der Waals surface area (Å²) in [6, 6.07) is 0.389. The van der Waals surface area contributed by atoms with Crippen molar-refractivity contribution in [3.8, 4) is 0 Å². The maximum atomic E-state index is 11.7. The number of nitrogens with one attached hydrogen (secondary N) is 1. The summed E-state index contributed by atoms with van der Waals surface area (Å²) in [5.74, 6) is 0.665. The van der Waals surface area contributed by atoms with Crippen LogP contribution in [0.15, 0.2) is 0 Å². The van der Waals surface area contributed by atoms with E-state index in [1.807, 2.05) is 27.9 Å². The highest BCUT2D eigenvalue weighted by molar-refractivity contribution is 5.77. The van der Waals surface area contributed by atoms with E-state index in [1.54, 1.807) is 0 Å². The lowest BCUT2D eigenvalue weighted by molar-refractivity contribution is -0.122. The number of carbonyl (C=O) groups is 1. The van der Waals surface area contributed by atoms with Crippen LogP contribution in [-0.2, 0) is 4.79 Å². The van der Waals surface area contributed by atoms with Crippen LogP contribution in [0.25, 0.3) is 0 Å². The Kier molecular flexibility index (Phi) is 6.72. The van der Waals surface area contributed by atoms with Crippen LogP contribution < -0.4 is 11.1 Å². The highest BCUT2D eigenvalue weighted by atomic mass is 16.1. The molecule has 3 N–H and O–H groups in total. The van der Waals surface area contributed by atoms with E-state index in [2.05, 4.69) is 24.1 Å². The molecular formula is C13H29N3O. The summed E-state index contributed by atoms with van der Waals surface area (Å²) in [4.78, 5) is 13.8. The van der Waals surface area contributed by atoms with E-state index in [4.69, 9.17) is 5.73 Å². The third-order valence-electron chi connectivity index (χ3n) is 2.62. The molecule has 0 aromatic rings. The average Bonchev–Trinajstić information content (AvgIpc) is 2.08. The van der Waals surface area contributed by atoms with Gasteiger partial charge in [-0.1, -0.05) is 13.8 Å². The van der Waals surface area contributed by atoms with Crippen LogP contribution in [0.5, 0.6) is 0 Å². The van der Waals surface area contributed by atoms with Crippen molar-refractivity contribution < 1.29 is 4.79 Å². The Hall–Kier alpha value is -0.610. The first-order valence-corrected chi connectivity index (χ1v) is 6.34. The zero-order valence-electron chi connectivity index (χ0n) is 12.2. The average molecular weight is 243 g/mol. The fourth-order valence-electron chi connectivity index (χ4n) is 1.73. The molecular weight excluding hydrogens is 214 g/mol. The van der Waals surface area contributed by atoms with E-state index in [-0.39, 0.29) is 5.91 Å². The Morgan fingerprint density at radius 2 is 1.88 bits per heavy atom. The molecule has 0 bridgehead atoms. The third kappa shape index (κ3) is 9.12. The molecule has 0 spiro atoms. The van der Waals surface area contributed by atoms with Gasteiger partial charge in [-0.05, 0) is 40.3 Å². The van der Waals surface area contributed by atoms with Gasteiger partial charge in [0.2, 0.25) is 5.91 Å². The van der Waals surface area contributed by atoms with E-state index in [9.17, 15) is 4.79 Å². The van der Waals surface area contributed by atoms with E-state index < -0.39 is 5.54 Å². The number of carbonyl (C=O) groups excluding carboxylic acids is 1. The molecule has 0 rings (SSSR count). The lowest BCUT2D eigenvalue weighted by Gasteiger charge is -2.27. The maximum absolute atomic E-state index is 11.7. The first-order chi connectivity index (χ1) is 7.61. The van der Waals surface area contributed by atoms with Gasteiger partial charge in [-0.3, -0.25) is 4.79 Å². The van der Waals surface area contributed by atoms with Gasteiger partial charge in [-0.2, -0.15) is 0 Å². The van der Waals surface area contributed by atoms with E-state index in [1.165, 1.54) is 0 Å². The van der Waals surface area contributed by atoms with Gasteiger partial charge in [-0.15, -0.1) is 0 Å². The fraction of sp³-hybridized carbons (Fsp3) is 0.923. The van der Waals surface area contributed by atoms with E-state index in [0.717, 1.165) is 6.42 Å². The van der Waals surface area contributed by atoms with Gasteiger partial charge in [0.05, 0.1) is 0 Å². The molecule has 1 unspecified atom stereocenters. The van der Waals surface area contributed by atoms with Gasteiger partial charge in [-0.25, -0.2) is 0 Å². The van der Waals surface area contributed by atoms with E-state index in [0.29, 0.717) is 24.9 Å². The first kappa shape index (κ1) is 16.4. The Morgan fingerprint density at radius 3 is 2.24 bits per heavy atom. The highest BCUT2D eigenvalue weighted by Gasteiger charge is 2.18. The van der Waals surface area contributed by atoms with Crippen molar-refractivity contribution in [2.45, 2.75) is 52.1 Å². The number of hydrogen-bond donors (Lipinski definition) is 2. The SMILES string of the molecule is CC(C)CC(CNC(=O)CC(C)(C)N)N(C)C. The largest absolute Gasteiger partial charge is 0.354 e. The number of likely N-dealkylation sites (N-methyl/N-ethyl adjacent to an activating group) is 1. The summed E-state index contributed by atoms with van der Waals surface area (Å²) in [5.41, 5.74) is 5.38. The first-order valence-electron chi connectivity index (χ1n) is 6.34. The topological polar surface area (TPSA) is 58.4 Å². The molecule has 1 atom stereocenters. The molecule has 0 aliphatic carbocycles. The van der Waals surface area contributed by atoms with Gasteiger partial charge >= 0.3 is 0 Å². The third-order valence-corrected chi connectivity index (χ3v) is 2.62. The van der Waals surface area contributed by atoms with Crippen molar-refractivity contribution >= 4 is 5.91 Å². The zero-order valence-corrected chi connectivity index (χ0v) is 12.2. The molecule has 1 amide bonds. The van der Waals surface area contributed by atoms with Gasteiger partial charge in [0, 0.05) is 24.5 Å². The second-order valence-electron chi connectivity index (χ2n) is 6.22. The van der Waals surface area contributed by atoms with Crippen molar-refractivity contribution in [1.29, 1.82) is 0 Å². The van der Waals surface area contributed by atoms with Gasteiger partial charge in [0.1, 0.15) is 0 Å². The zero-order chi connectivity index (χ0) is 13.6. The molecule has 0 radical (unpaired) electrons. The standard InChI is InChI=1S/C13H29N3O/c1-10(2)7-11(16(5)6)9-15-12(17)8-13(3,4)14/h10-11H,7-9,14H2,1-6H3,(H,15,17). The monoisotopic (exact) mass is 243 g/mol. The molecule has 4 heteroatoms. The van der Waals surface area contributed by atoms with Crippen LogP contribution in [0.2, 0.25) is 0 Å². The van der Waals surface area contributed by atoms with Gasteiger partial charge in [0.25, 0.3) is 0 Å². The minimum Gasteiger partial charge on any atom is -0.354 e. The van der Waals surface area contributed by atoms with Crippen LogP contribution in [0.4, 0.5) is 0 Å². The Bertz CT molecular complexity index is 231. The molecule has 0 saturated heterocycles. The second-order valence-corrected chi connectivity index (χ2v) is 6.22. The van der Waals surface area contributed by atoms with Gasteiger partial charge < -0.3 is 16.0 Å². The Labute approximate surface area is 106 Å². The number of hydrogen-bond acceptors (Lipinski definition) is 3. The van der Waals surface area contributed by atoms with Crippen molar-refractivity contribution in [3.63, 3.8) is 0 Å². The lowest BCUT2D eigenvalue weighted by Crippen LogP contribution is -2.44. The molecule has 0 fully saturated rings. The predicted octanol–water partition coefficient (Wildman–Crippen LogP) is 1.21. The number of nitrogens with two attached hydrogens (primary N) is 1. The Morgan fingerprint density at radius 1 is 1.35 bits per heavy atom. The fourth-order valence-corrected chi connectivity index (χ4v) is 1.73. The molecule has 0 saturated carbocycles. The van der Waals surface area contributed by atoms with Crippen molar-refractivity contribution in [2.75, 3.05) is 20.6 Å². The van der Waals surface area contributed by atoms with Crippen molar-refractivity contribution in [3.05, 3.63) is 0 Å². The van der Waals surface area contributed by atoms with Crippen LogP contribution >= 0.6 is 0 Å². The molecule has 0 aliphatic rings. The summed E-state index contributed by atoms with van der Waals surface area (Å²) >= 11 is 0. The van der Waals surface area contributed by atoms with Crippen LogP contribution in [0.1, 0.15) is 40.5 Å². The van der Waals surface area contributed by atoms with E-state index >= 15 is 0 Å². The summed E-state index contributed by atoms with van der Waals surface area (Å²) < 4.78 is 0. The summed E-state index contributed by atoms with van der Waals surface area (Å²) in [6.45, 7) is 8.82. The highest BCUT2D eigenvalue weighted by Crippen LogP contribution is 2.08. The smallest absolute Gasteiger partial charge is 0.221 e. The predicted molar refractivity (Wildman–Crippen MR) is 72.8 cm³/mol. The van der Waals surface area contributed by atoms with Crippen LogP contribution in [0.3, 0.4) is 0 Å². The summed E-state index contributed by atoms with van der Waals surface area (Å²) in [6.07, 6.45) is 1.45. The minimum absolute atomic E-state index is 0.0353. The van der Waals surface area contributed by atoms with Crippen LogP contribution in [-0.4, -0.2) is 43.0 Å². The van der Waals surface area contributed by atoms with Gasteiger partial charge in [0.15, 0.2) is 0 Å².